The molecule has 1 unspecified atom stereocenters. The topological polar surface area (TPSA) is 66.8 Å². The van der Waals surface area contributed by atoms with Gasteiger partial charge in [0.1, 0.15) is 11.5 Å². The molecule has 35 heavy (non-hydrogen) atoms. The lowest BCUT2D eigenvalue weighted by Crippen LogP contribution is -2.29. The molecule has 1 amide bonds. The molecular formula is C30H31NO4. The van der Waals surface area contributed by atoms with Crippen molar-refractivity contribution in [1.82, 2.24) is 4.90 Å². The number of aryl methyl sites for hydroxylation is 1. The number of aliphatic hydroxyl groups excluding tert-OH is 1. The van der Waals surface area contributed by atoms with E-state index in [1.165, 1.54) is 4.90 Å². The largest absolute Gasteiger partial charge is 0.507 e. The van der Waals surface area contributed by atoms with E-state index in [9.17, 15) is 14.7 Å². The highest BCUT2D eigenvalue weighted by molar-refractivity contribution is 6.46. The number of benzene rings is 3. The standard InChI is InChI=1S/C30H31NO4/c1-3-4-8-19-35-25-17-15-23(16-18-25)27-26(28(32)24-13-11-21(2)12-14-24)29(33)30(34)31(27)20-22-9-6-5-7-10-22/h5-7,9-18,27,32H,3-4,8,19-20H2,1-2H3/b28-26+. The minimum Gasteiger partial charge on any atom is -0.507 e. The van der Waals surface area contributed by atoms with Crippen LogP contribution in [0.25, 0.3) is 5.76 Å². The Hall–Kier alpha value is -3.86. The predicted molar refractivity (Wildman–Crippen MR) is 137 cm³/mol. The Labute approximate surface area is 206 Å². The summed E-state index contributed by atoms with van der Waals surface area (Å²) in [4.78, 5) is 27.9. The first-order chi connectivity index (χ1) is 17.0. The Bertz CT molecular complexity index is 1200. The van der Waals surface area contributed by atoms with E-state index >= 15 is 0 Å². The highest BCUT2D eigenvalue weighted by Gasteiger charge is 2.46. The van der Waals surface area contributed by atoms with Gasteiger partial charge in [0.25, 0.3) is 11.7 Å². The molecule has 1 aliphatic rings. The first-order valence-electron chi connectivity index (χ1n) is 12.1. The van der Waals surface area contributed by atoms with Crippen molar-refractivity contribution in [2.45, 2.75) is 45.7 Å². The lowest BCUT2D eigenvalue weighted by Gasteiger charge is -2.25. The number of likely N-dealkylation sites (tertiary alicyclic amines) is 1. The summed E-state index contributed by atoms with van der Waals surface area (Å²) in [6.45, 7) is 5.01. The number of aliphatic hydroxyl groups is 1. The number of amides is 1. The summed E-state index contributed by atoms with van der Waals surface area (Å²) >= 11 is 0. The number of rotatable bonds is 9. The van der Waals surface area contributed by atoms with E-state index in [2.05, 4.69) is 6.92 Å². The van der Waals surface area contributed by atoms with Crippen LogP contribution in [0.3, 0.4) is 0 Å². The van der Waals surface area contributed by atoms with Crippen LogP contribution in [0, 0.1) is 6.92 Å². The molecule has 0 spiro atoms. The van der Waals surface area contributed by atoms with Gasteiger partial charge in [-0.2, -0.15) is 0 Å². The van der Waals surface area contributed by atoms with Crippen LogP contribution in [-0.4, -0.2) is 28.3 Å². The van der Waals surface area contributed by atoms with Gasteiger partial charge in [0, 0.05) is 12.1 Å². The van der Waals surface area contributed by atoms with Crippen LogP contribution in [0.5, 0.6) is 5.75 Å². The number of hydrogen-bond donors (Lipinski definition) is 1. The van der Waals surface area contributed by atoms with Crippen LogP contribution in [0.2, 0.25) is 0 Å². The van der Waals surface area contributed by atoms with Crippen molar-refractivity contribution in [2.24, 2.45) is 0 Å². The summed E-state index contributed by atoms with van der Waals surface area (Å²) in [5, 5.41) is 11.2. The zero-order valence-electron chi connectivity index (χ0n) is 20.2. The maximum atomic E-state index is 13.2. The second-order valence-electron chi connectivity index (χ2n) is 8.90. The molecule has 1 fully saturated rings. The van der Waals surface area contributed by atoms with Crippen LogP contribution in [0.15, 0.2) is 84.4 Å². The lowest BCUT2D eigenvalue weighted by atomic mass is 9.95. The zero-order valence-corrected chi connectivity index (χ0v) is 20.2. The fraction of sp³-hybridized carbons (Fsp3) is 0.267. The van der Waals surface area contributed by atoms with Crippen molar-refractivity contribution >= 4 is 17.4 Å². The summed E-state index contributed by atoms with van der Waals surface area (Å²) in [7, 11) is 0. The van der Waals surface area contributed by atoms with Crippen molar-refractivity contribution in [2.75, 3.05) is 6.61 Å². The second-order valence-corrected chi connectivity index (χ2v) is 8.90. The number of unbranched alkanes of at least 4 members (excludes halogenated alkanes) is 2. The highest BCUT2D eigenvalue weighted by atomic mass is 16.5. The molecule has 1 heterocycles. The molecule has 1 aliphatic heterocycles. The molecule has 0 aliphatic carbocycles. The fourth-order valence-corrected chi connectivity index (χ4v) is 4.33. The Kier molecular flexibility index (Phi) is 7.66. The van der Waals surface area contributed by atoms with E-state index in [1.807, 2.05) is 73.7 Å². The van der Waals surface area contributed by atoms with Crippen molar-refractivity contribution < 1.29 is 19.4 Å². The SMILES string of the molecule is CCCCCOc1ccc(C2/C(=C(\O)c3ccc(C)cc3)C(=O)C(=O)N2Cc2ccccc2)cc1. The third kappa shape index (κ3) is 5.46. The second kappa shape index (κ2) is 11.0. The van der Waals surface area contributed by atoms with Crippen molar-refractivity contribution in [1.29, 1.82) is 0 Å². The van der Waals surface area contributed by atoms with Crippen LogP contribution in [-0.2, 0) is 16.1 Å². The zero-order chi connectivity index (χ0) is 24.8. The predicted octanol–water partition coefficient (Wildman–Crippen LogP) is 6.19. The molecular weight excluding hydrogens is 438 g/mol. The molecule has 1 N–H and O–H groups in total. The van der Waals surface area contributed by atoms with E-state index in [0.29, 0.717) is 12.2 Å². The first kappa shape index (κ1) is 24.3. The van der Waals surface area contributed by atoms with Crippen LogP contribution < -0.4 is 4.74 Å². The van der Waals surface area contributed by atoms with Crippen molar-refractivity contribution in [3.8, 4) is 5.75 Å². The minimum absolute atomic E-state index is 0.103. The monoisotopic (exact) mass is 469 g/mol. The molecule has 3 aromatic carbocycles. The first-order valence-corrected chi connectivity index (χ1v) is 12.1. The van der Waals surface area contributed by atoms with Crippen molar-refractivity contribution in [3.05, 3.63) is 107 Å². The van der Waals surface area contributed by atoms with Crippen LogP contribution >= 0.6 is 0 Å². The molecule has 0 saturated carbocycles. The molecule has 1 saturated heterocycles. The van der Waals surface area contributed by atoms with E-state index in [4.69, 9.17) is 4.74 Å². The average molecular weight is 470 g/mol. The van der Waals surface area contributed by atoms with Gasteiger partial charge < -0.3 is 14.7 Å². The fourth-order valence-electron chi connectivity index (χ4n) is 4.33. The Morgan fingerprint density at radius 2 is 1.60 bits per heavy atom. The molecule has 4 rings (SSSR count). The Morgan fingerprint density at radius 3 is 2.26 bits per heavy atom. The molecule has 5 heteroatoms. The molecule has 0 aromatic heterocycles. The average Bonchev–Trinajstić information content (AvgIpc) is 3.12. The molecule has 5 nitrogen and oxygen atoms in total. The minimum atomic E-state index is -0.703. The quantitative estimate of drug-likeness (QED) is 0.176. The van der Waals surface area contributed by atoms with E-state index in [1.54, 1.807) is 12.1 Å². The summed E-state index contributed by atoms with van der Waals surface area (Å²) in [5.74, 6) is -0.719. The third-order valence-corrected chi connectivity index (χ3v) is 6.27. The van der Waals surface area contributed by atoms with Gasteiger partial charge in [0.15, 0.2) is 0 Å². The molecule has 180 valence electrons. The van der Waals surface area contributed by atoms with Gasteiger partial charge in [-0.15, -0.1) is 0 Å². The molecule has 1 atom stereocenters. The smallest absolute Gasteiger partial charge is 0.295 e. The number of hydrogen-bond acceptors (Lipinski definition) is 4. The van der Waals surface area contributed by atoms with Crippen molar-refractivity contribution in [3.63, 3.8) is 0 Å². The molecule has 0 radical (unpaired) electrons. The van der Waals surface area contributed by atoms with E-state index in [0.717, 1.165) is 41.7 Å². The van der Waals surface area contributed by atoms with Gasteiger partial charge in [-0.25, -0.2) is 0 Å². The van der Waals surface area contributed by atoms with E-state index < -0.39 is 17.7 Å². The maximum Gasteiger partial charge on any atom is 0.295 e. The number of nitrogens with zero attached hydrogens (tertiary/aromatic N) is 1. The van der Waals surface area contributed by atoms with Crippen LogP contribution in [0.4, 0.5) is 0 Å². The normalized spacial score (nSPS) is 17.1. The Morgan fingerprint density at radius 1 is 0.914 bits per heavy atom. The summed E-state index contributed by atoms with van der Waals surface area (Å²) < 4.78 is 5.84. The van der Waals surface area contributed by atoms with Gasteiger partial charge in [-0.3, -0.25) is 9.59 Å². The third-order valence-electron chi connectivity index (χ3n) is 6.27. The lowest BCUT2D eigenvalue weighted by molar-refractivity contribution is -0.140. The summed E-state index contributed by atoms with van der Waals surface area (Å²) in [6.07, 6.45) is 3.24. The maximum absolute atomic E-state index is 13.2. The molecule has 3 aromatic rings. The van der Waals surface area contributed by atoms with Gasteiger partial charge in [-0.1, -0.05) is 92.1 Å². The van der Waals surface area contributed by atoms with Crippen LogP contribution in [0.1, 0.15) is 54.5 Å². The van der Waals surface area contributed by atoms with Gasteiger partial charge in [-0.05, 0) is 36.6 Å². The van der Waals surface area contributed by atoms with Gasteiger partial charge in [0.05, 0.1) is 18.2 Å². The Balaban J connectivity index is 1.72. The number of carbonyl (C=O) groups excluding carboxylic acids is 2. The number of ketones is 1. The van der Waals surface area contributed by atoms with Gasteiger partial charge >= 0.3 is 0 Å². The van der Waals surface area contributed by atoms with E-state index in [-0.39, 0.29) is 17.9 Å². The number of carbonyl (C=O) groups is 2. The molecule has 0 bridgehead atoms. The summed E-state index contributed by atoms with van der Waals surface area (Å²) in [5.41, 5.74) is 3.30. The number of ether oxygens (including phenoxy) is 1. The summed E-state index contributed by atoms with van der Waals surface area (Å²) in [6, 6.07) is 23.6. The number of Topliss-reactive ketones (excluding diaryl/α,β-unsaturated/α-hetero) is 1. The van der Waals surface area contributed by atoms with Gasteiger partial charge in [0.2, 0.25) is 0 Å². The highest BCUT2D eigenvalue weighted by Crippen LogP contribution is 2.40.